The Morgan fingerprint density at radius 2 is 0.696 bits per heavy atom. The van der Waals surface area contributed by atoms with Gasteiger partial charge >= 0.3 is 0 Å². The van der Waals surface area contributed by atoms with Crippen molar-refractivity contribution in [3.05, 3.63) is 24.3 Å². The number of carbonyl (C=O) groups excluding carboxylic acids is 2. The molecule has 10 heteroatoms. The third-order valence-corrected chi connectivity index (χ3v) is 10.7. The van der Waals surface area contributed by atoms with Crippen LogP contribution in [-0.2, 0) is 9.59 Å². The lowest BCUT2D eigenvalue weighted by Gasteiger charge is -2.32. The van der Waals surface area contributed by atoms with E-state index in [9.17, 15) is 30.0 Å². The van der Waals surface area contributed by atoms with Gasteiger partial charge in [0.05, 0.1) is 24.4 Å². The highest BCUT2D eigenvalue weighted by Gasteiger charge is 2.28. The predicted octanol–water partition coefficient (Wildman–Crippen LogP) is 8.08. The Hall–Kier alpha value is -1.82. The molecule has 0 saturated heterocycles. The number of nitrogens with zero attached hydrogens (tertiary/aromatic N) is 2. The van der Waals surface area contributed by atoms with E-state index in [2.05, 4.69) is 38.2 Å². The molecule has 0 bridgehead atoms. The zero-order valence-electron chi connectivity index (χ0n) is 36.3. The van der Waals surface area contributed by atoms with E-state index in [-0.39, 0.29) is 63.9 Å². The Bertz CT molecular complexity index is 877. The second-order valence-electron chi connectivity index (χ2n) is 16.2. The molecule has 56 heavy (non-hydrogen) atoms. The van der Waals surface area contributed by atoms with Crippen molar-refractivity contribution in [2.24, 2.45) is 11.5 Å². The molecular weight excluding hydrogens is 705 g/mol. The fourth-order valence-electron chi connectivity index (χ4n) is 6.92. The van der Waals surface area contributed by atoms with Crippen molar-refractivity contribution in [3.8, 4) is 0 Å². The van der Waals surface area contributed by atoms with Gasteiger partial charge in [-0.05, 0) is 64.2 Å². The Morgan fingerprint density at radius 1 is 0.429 bits per heavy atom. The van der Waals surface area contributed by atoms with Gasteiger partial charge in [0.2, 0.25) is 11.8 Å². The molecule has 10 nitrogen and oxygen atoms in total. The van der Waals surface area contributed by atoms with E-state index in [1.165, 1.54) is 99.7 Å². The highest BCUT2D eigenvalue weighted by molar-refractivity contribution is 5.76. The molecule has 0 heterocycles. The first-order valence-electron chi connectivity index (χ1n) is 23.2. The number of hydrogen-bond acceptors (Lipinski definition) is 8. The summed E-state index contributed by atoms with van der Waals surface area (Å²) >= 11 is 0. The summed E-state index contributed by atoms with van der Waals surface area (Å²) in [6.45, 7) is 3.93. The van der Waals surface area contributed by atoms with Crippen molar-refractivity contribution in [1.82, 2.24) is 9.80 Å². The molecule has 4 atom stereocenters. The molecule has 8 N–H and O–H groups in total. The summed E-state index contributed by atoms with van der Waals surface area (Å²) in [4.78, 5) is 29.1. The number of aliphatic hydroxyl groups is 4. The number of carbonyl (C=O) groups is 2. The number of nitrogens with two attached hydrogens (primary N) is 2. The third-order valence-electron chi connectivity index (χ3n) is 10.7. The fraction of sp³-hybridized carbons (Fsp3) is 0.870. The normalized spacial score (nSPS) is 14.1. The van der Waals surface area contributed by atoms with Crippen LogP contribution in [0.2, 0.25) is 0 Å². The number of amides is 2. The summed E-state index contributed by atoms with van der Waals surface area (Å²) in [7, 11) is 0. The molecule has 330 valence electrons. The maximum Gasteiger partial charge on any atom is 0.222 e. The summed E-state index contributed by atoms with van der Waals surface area (Å²) in [5.74, 6) is -0.422. The van der Waals surface area contributed by atoms with E-state index >= 15 is 0 Å². The first-order chi connectivity index (χ1) is 27.2. The first-order valence-corrected chi connectivity index (χ1v) is 23.2. The lowest BCUT2D eigenvalue weighted by molar-refractivity contribution is -0.139. The Labute approximate surface area is 343 Å². The van der Waals surface area contributed by atoms with E-state index in [0.717, 1.165) is 64.2 Å². The summed E-state index contributed by atoms with van der Waals surface area (Å²) in [5, 5.41) is 42.4. The zero-order valence-corrected chi connectivity index (χ0v) is 36.3. The van der Waals surface area contributed by atoms with E-state index < -0.39 is 24.4 Å². The van der Waals surface area contributed by atoms with E-state index in [4.69, 9.17) is 11.5 Å². The van der Waals surface area contributed by atoms with Gasteiger partial charge in [0, 0.05) is 52.1 Å². The molecule has 0 radical (unpaired) electrons. The van der Waals surface area contributed by atoms with Gasteiger partial charge in [-0.15, -0.1) is 0 Å². The summed E-state index contributed by atoms with van der Waals surface area (Å²) in [6, 6.07) is 0. The molecular formula is C46H90N4O6. The summed E-state index contributed by atoms with van der Waals surface area (Å²) in [5.41, 5.74) is 11.3. The third kappa shape index (κ3) is 33.2. The largest absolute Gasteiger partial charge is 0.390 e. The van der Waals surface area contributed by atoms with Crippen molar-refractivity contribution in [1.29, 1.82) is 0 Å². The first kappa shape index (κ1) is 54.2. The minimum atomic E-state index is -1.36. The van der Waals surface area contributed by atoms with Crippen LogP contribution in [-0.4, -0.2) is 106 Å². The highest BCUT2D eigenvalue weighted by Crippen LogP contribution is 2.14. The monoisotopic (exact) mass is 795 g/mol. The van der Waals surface area contributed by atoms with Gasteiger partial charge in [0.25, 0.3) is 0 Å². The predicted molar refractivity (Wildman–Crippen MR) is 234 cm³/mol. The topological polar surface area (TPSA) is 174 Å². The number of rotatable bonds is 41. The molecule has 0 fully saturated rings. The van der Waals surface area contributed by atoms with E-state index in [1.54, 1.807) is 0 Å². The van der Waals surface area contributed by atoms with Gasteiger partial charge in [0.1, 0.15) is 0 Å². The molecule has 0 aromatic heterocycles. The molecule has 4 unspecified atom stereocenters. The van der Waals surface area contributed by atoms with Crippen molar-refractivity contribution >= 4 is 11.8 Å². The quantitative estimate of drug-likeness (QED) is 0.0266. The maximum absolute atomic E-state index is 13.2. The minimum Gasteiger partial charge on any atom is -0.390 e. The molecule has 0 aliphatic carbocycles. The summed E-state index contributed by atoms with van der Waals surface area (Å²) < 4.78 is 0. The van der Waals surface area contributed by atoms with Gasteiger partial charge < -0.3 is 41.7 Å². The van der Waals surface area contributed by atoms with Crippen LogP contribution < -0.4 is 11.5 Å². The van der Waals surface area contributed by atoms with Gasteiger partial charge in [-0.3, -0.25) is 9.59 Å². The lowest BCUT2D eigenvalue weighted by Crippen LogP contribution is -2.51. The van der Waals surface area contributed by atoms with Crippen LogP contribution in [0.4, 0.5) is 0 Å². The molecule has 0 aromatic rings. The van der Waals surface area contributed by atoms with Gasteiger partial charge in [-0.1, -0.05) is 141 Å². The number of unbranched alkanes of at least 4 members (excludes halogenated alkanes) is 22. The fourth-order valence-corrected chi connectivity index (χ4v) is 6.92. The Kier molecular flexibility index (Phi) is 38.7. The Balaban J connectivity index is 4.60. The second-order valence-corrected chi connectivity index (χ2v) is 16.2. The standard InChI is InChI=1S/C46H90N4O6/c1-3-5-7-9-11-13-15-17-19-21-23-25-27-29-31-33-45(55)49(37-41(51)35-47)39-43(53)44(54)40-50(38-42(52)36-48)46(56)34-32-30-28-26-24-22-20-18-16-14-12-10-8-6-4-2/h17-20,41-44,51-54H,3-16,21-40,47-48H2,1-2H3/b19-17-,20-18?. The zero-order chi connectivity index (χ0) is 41.5. The number of aliphatic hydroxyl groups excluding tert-OH is 4. The van der Waals surface area contributed by atoms with E-state index in [1.807, 2.05) is 0 Å². The van der Waals surface area contributed by atoms with Crippen LogP contribution >= 0.6 is 0 Å². The lowest BCUT2D eigenvalue weighted by atomic mass is 10.1. The summed E-state index contributed by atoms with van der Waals surface area (Å²) in [6.07, 6.45) is 35.4. The van der Waals surface area contributed by atoms with Crippen LogP contribution in [0.3, 0.4) is 0 Å². The molecule has 0 spiro atoms. The number of hydrogen-bond donors (Lipinski definition) is 6. The van der Waals surface area contributed by atoms with Crippen LogP contribution in [0.5, 0.6) is 0 Å². The minimum absolute atomic E-state index is 0.0363. The van der Waals surface area contributed by atoms with Crippen molar-refractivity contribution in [2.45, 2.75) is 218 Å². The molecule has 0 aromatic carbocycles. The van der Waals surface area contributed by atoms with Crippen LogP contribution in [0.1, 0.15) is 194 Å². The van der Waals surface area contributed by atoms with Gasteiger partial charge in [0.15, 0.2) is 0 Å². The highest BCUT2D eigenvalue weighted by atomic mass is 16.3. The Morgan fingerprint density at radius 3 is 0.982 bits per heavy atom. The molecule has 0 aliphatic heterocycles. The van der Waals surface area contributed by atoms with Crippen molar-refractivity contribution < 1.29 is 30.0 Å². The van der Waals surface area contributed by atoms with Crippen LogP contribution in [0, 0.1) is 0 Å². The SMILES string of the molecule is CCCCCCCCC=CCCCCCCCC(=O)N(CC(O)CN)CC(O)C(O)CN(CC(O)CN)C(=O)CCCCCCC/C=C\CCCCCCCC. The molecule has 0 rings (SSSR count). The molecule has 2 amide bonds. The van der Waals surface area contributed by atoms with E-state index in [0.29, 0.717) is 12.8 Å². The van der Waals surface area contributed by atoms with Crippen LogP contribution in [0.15, 0.2) is 24.3 Å². The molecule has 0 saturated carbocycles. The smallest absolute Gasteiger partial charge is 0.222 e. The number of allylic oxidation sites excluding steroid dienone is 4. The maximum atomic E-state index is 13.2. The van der Waals surface area contributed by atoms with Crippen molar-refractivity contribution in [2.75, 3.05) is 39.3 Å². The van der Waals surface area contributed by atoms with Crippen molar-refractivity contribution in [3.63, 3.8) is 0 Å². The molecule has 0 aliphatic rings. The average Bonchev–Trinajstić information content (AvgIpc) is 3.19. The van der Waals surface area contributed by atoms with Gasteiger partial charge in [-0.2, -0.15) is 0 Å². The van der Waals surface area contributed by atoms with Crippen LogP contribution in [0.25, 0.3) is 0 Å². The average molecular weight is 795 g/mol. The second kappa shape index (κ2) is 40.0. The van der Waals surface area contributed by atoms with Gasteiger partial charge in [-0.25, -0.2) is 0 Å².